The number of β-amino-alcohol motifs (C(OH)–C–C–N with tert-alkyl or cyclic N) is 1. The second-order valence-corrected chi connectivity index (χ2v) is 7.57. The quantitative estimate of drug-likeness (QED) is 0.749. The Balaban J connectivity index is 1.58. The monoisotopic (exact) mass is 379 g/mol. The van der Waals surface area contributed by atoms with Crippen molar-refractivity contribution in [1.29, 1.82) is 0 Å². The smallest absolute Gasteiger partial charge is 0.203 e. The number of fused-ring (bicyclic) bond motifs is 1. The molecule has 1 aromatic rings. The Hall–Kier alpha value is -1.66. The molecule has 1 N–H and O–H groups in total. The molecule has 2 aliphatic rings. The molecule has 3 atom stereocenters. The Morgan fingerprint density at radius 1 is 1.00 bits per heavy atom. The van der Waals surface area contributed by atoms with Gasteiger partial charge in [0.1, 0.15) is 18.5 Å². The highest BCUT2D eigenvalue weighted by Gasteiger charge is 2.33. The van der Waals surface area contributed by atoms with Crippen LogP contribution in [0.15, 0.2) is 12.1 Å². The first-order valence-corrected chi connectivity index (χ1v) is 10.0. The summed E-state index contributed by atoms with van der Waals surface area (Å²) in [5.41, 5.74) is 0. The SMILES string of the molecule is COc1cc(OCC(O)CN2CCCC3CCCCC32)cc(OC)c1OC. The lowest BCUT2D eigenvalue weighted by atomic mass is 9.78. The van der Waals surface area contributed by atoms with Crippen LogP contribution in [0.1, 0.15) is 38.5 Å². The van der Waals surface area contributed by atoms with Crippen LogP contribution in [0.5, 0.6) is 23.0 Å². The summed E-state index contributed by atoms with van der Waals surface area (Å²) >= 11 is 0. The van der Waals surface area contributed by atoms with E-state index in [-0.39, 0.29) is 6.61 Å². The summed E-state index contributed by atoms with van der Waals surface area (Å²) in [6, 6.07) is 4.15. The molecule has 0 radical (unpaired) electrons. The van der Waals surface area contributed by atoms with Crippen molar-refractivity contribution in [2.24, 2.45) is 5.92 Å². The van der Waals surface area contributed by atoms with Crippen LogP contribution >= 0.6 is 0 Å². The van der Waals surface area contributed by atoms with Gasteiger partial charge in [0.2, 0.25) is 5.75 Å². The largest absolute Gasteiger partial charge is 0.493 e. The van der Waals surface area contributed by atoms with Crippen molar-refractivity contribution in [1.82, 2.24) is 4.90 Å². The number of piperidine rings is 1. The third kappa shape index (κ3) is 4.79. The fourth-order valence-electron chi connectivity index (χ4n) is 4.61. The first-order valence-electron chi connectivity index (χ1n) is 10.0. The summed E-state index contributed by atoms with van der Waals surface area (Å²) in [4.78, 5) is 2.48. The van der Waals surface area contributed by atoms with E-state index in [1.165, 1.54) is 38.5 Å². The highest BCUT2D eigenvalue weighted by Crippen LogP contribution is 2.41. The van der Waals surface area contributed by atoms with Crippen molar-refractivity contribution in [3.8, 4) is 23.0 Å². The summed E-state index contributed by atoms with van der Waals surface area (Å²) in [5, 5.41) is 10.6. The molecule has 1 aliphatic heterocycles. The van der Waals surface area contributed by atoms with E-state index in [4.69, 9.17) is 18.9 Å². The highest BCUT2D eigenvalue weighted by atomic mass is 16.5. The van der Waals surface area contributed by atoms with Crippen molar-refractivity contribution < 1.29 is 24.1 Å². The van der Waals surface area contributed by atoms with Gasteiger partial charge in [-0.05, 0) is 38.1 Å². The minimum absolute atomic E-state index is 0.243. The van der Waals surface area contributed by atoms with Gasteiger partial charge in [-0.1, -0.05) is 12.8 Å². The van der Waals surface area contributed by atoms with Gasteiger partial charge in [0.15, 0.2) is 11.5 Å². The molecule has 0 spiro atoms. The maximum Gasteiger partial charge on any atom is 0.203 e. The maximum absolute atomic E-state index is 10.6. The average Bonchev–Trinajstić information content (AvgIpc) is 2.71. The van der Waals surface area contributed by atoms with Crippen molar-refractivity contribution in [2.75, 3.05) is 41.0 Å². The zero-order valence-corrected chi connectivity index (χ0v) is 16.8. The molecule has 3 rings (SSSR count). The molecule has 27 heavy (non-hydrogen) atoms. The number of hydrogen-bond acceptors (Lipinski definition) is 6. The maximum atomic E-state index is 10.6. The standard InChI is InChI=1S/C21H33NO5/c1-24-19-11-17(12-20(25-2)21(19)26-3)27-14-16(23)13-22-10-6-8-15-7-4-5-9-18(15)22/h11-12,15-16,18,23H,4-10,13-14H2,1-3H3. The summed E-state index contributed by atoms with van der Waals surface area (Å²) in [7, 11) is 4.72. The average molecular weight is 379 g/mol. The zero-order valence-electron chi connectivity index (χ0n) is 16.8. The van der Waals surface area contributed by atoms with Crippen LogP contribution in [-0.4, -0.2) is 63.2 Å². The van der Waals surface area contributed by atoms with Crippen molar-refractivity contribution in [3.05, 3.63) is 12.1 Å². The van der Waals surface area contributed by atoms with E-state index < -0.39 is 6.10 Å². The second kappa shape index (κ2) is 9.51. The Bertz CT molecular complexity index is 581. The van der Waals surface area contributed by atoms with Crippen LogP contribution in [0.3, 0.4) is 0 Å². The van der Waals surface area contributed by atoms with Crippen molar-refractivity contribution in [3.63, 3.8) is 0 Å². The lowest BCUT2D eigenvalue weighted by Crippen LogP contribution is -2.50. The van der Waals surface area contributed by atoms with Gasteiger partial charge < -0.3 is 24.1 Å². The lowest BCUT2D eigenvalue weighted by molar-refractivity contribution is 0.00649. The molecule has 6 heteroatoms. The molecule has 2 fully saturated rings. The molecule has 0 aromatic heterocycles. The summed E-state index contributed by atoms with van der Waals surface area (Å²) in [6.07, 6.45) is 7.35. The van der Waals surface area contributed by atoms with Crippen LogP contribution in [-0.2, 0) is 0 Å². The molecule has 1 aliphatic carbocycles. The number of nitrogens with zero attached hydrogens (tertiary/aromatic N) is 1. The number of hydrogen-bond donors (Lipinski definition) is 1. The van der Waals surface area contributed by atoms with Gasteiger partial charge in [-0.25, -0.2) is 0 Å². The van der Waals surface area contributed by atoms with E-state index in [2.05, 4.69) is 4.90 Å². The Labute approximate surface area is 162 Å². The predicted molar refractivity (Wildman–Crippen MR) is 104 cm³/mol. The molecule has 3 unspecified atom stereocenters. The molecule has 1 heterocycles. The summed E-state index contributed by atoms with van der Waals surface area (Å²) < 4.78 is 21.9. The molecular formula is C21H33NO5. The lowest BCUT2D eigenvalue weighted by Gasteiger charge is -2.44. The number of rotatable bonds is 8. The number of methoxy groups -OCH3 is 3. The van der Waals surface area contributed by atoms with Crippen molar-refractivity contribution >= 4 is 0 Å². The van der Waals surface area contributed by atoms with Crippen molar-refractivity contribution in [2.45, 2.75) is 50.7 Å². The van der Waals surface area contributed by atoms with E-state index in [0.717, 1.165) is 12.5 Å². The Morgan fingerprint density at radius 2 is 1.67 bits per heavy atom. The Morgan fingerprint density at radius 3 is 2.33 bits per heavy atom. The van der Waals surface area contributed by atoms with E-state index in [1.807, 2.05) is 0 Å². The van der Waals surface area contributed by atoms with Crippen LogP contribution in [0.2, 0.25) is 0 Å². The number of benzene rings is 1. The molecule has 1 aromatic carbocycles. The molecule has 1 saturated heterocycles. The Kier molecular flexibility index (Phi) is 7.07. The molecule has 152 valence electrons. The number of aliphatic hydroxyl groups is 1. The van der Waals surface area contributed by atoms with Gasteiger partial charge in [0, 0.05) is 24.7 Å². The number of likely N-dealkylation sites (tertiary alicyclic amines) is 1. The first-order chi connectivity index (χ1) is 13.2. The highest BCUT2D eigenvalue weighted by molar-refractivity contribution is 5.55. The summed E-state index contributed by atoms with van der Waals surface area (Å²) in [5.74, 6) is 3.03. The van der Waals surface area contributed by atoms with E-state index >= 15 is 0 Å². The van der Waals surface area contributed by atoms with Crippen LogP contribution in [0, 0.1) is 5.92 Å². The fraction of sp³-hybridized carbons (Fsp3) is 0.714. The minimum atomic E-state index is -0.523. The van der Waals surface area contributed by atoms with E-state index in [0.29, 0.717) is 35.6 Å². The predicted octanol–water partition coefficient (Wildman–Crippen LogP) is 3.11. The fourth-order valence-corrected chi connectivity index (χ4v) is 4.61. The van der Waals surface area contributed by atoms with Gasteiger partial charge in [-0.3, -0.25) is 4.90 Å². The summed E-state index contributed by atoms with van der Waals surface area (Å²) in [6.45, 7) is 2.00. The third-order valence-electron chi connectivity index (χ3n) is 5.88. The van der Waals surface area contributed by atoms with Crippen LogP contribution in [0.4, 0.5) is 0 Å². The van der Waals surface area contributed by atoms with Gasteiger partial charge in [0.25, 0.3) is 0 Å². The van der Waals surface area contributed by atoms with Crippen LogP contribution in [0.25, 0.3) is 0 Å². The van der Waals surface area contributed by atoms with Gasteiger partial charge >= 0.3 is 0 Å². The third-order valence-corrected chi connectivity index (χ3v) is 5.88. The van der Waals surface area contributed by atoms with E-state index in [1.54, 1.807) is 33.5 Å². The normalized spacial score (nSPS) is 24.0. The molecule has 6 nitrogen and oxygen atoms in total. The second-order valence-electron chi connectivity index (χ2n) is 7.57. The minimum Gasteiger partial charge on any atom is -0.493 e. The number of aliphatic hydroxyl groups excluding tert-OH is 1. The molecule has 1 saturated carbocycles. The zero-order chi connectivity index (χ0) is 19.2. The molecule has 0 amide bonds. The topological polar surface area (TPSA) is 60.4 Å². The van der Waals surface area contributed by atoms with Crippen LogP contribution < -0.4 is 18.9 Å². The van der Waals surface area contributed by atoms with Gasteiger partial charge in [-0.2, -0.15) is 0 Å². The molecular weight excluding hydrogens is 346 g/mol. The molecule has 0 bridgehead atoms. The van der Waals surface area contributed by atoms with E-state index in [9.17, 15) is 5.11 Å². The number of ether oxygens (including phenoxy) is 4. The first kappa shape index (κ1) is 20.1. The van der Waals surface area contributed by atoms with Gasteiger partial charge in [-0.15, -0.1) is 0 Å². The van der Waals surface area contributed by atoms with Gasteiger partial charge in [0.05, 0.1) is 21.3 Å².